The van der Waals surface area contributed by atoms with E-state index in [4.69, 9.17) is 4.74 Å². The van der Waals surface area contributed by atoms with E-state index in [1.54, 1.807) is 0 Å². The summed E-state index contributed by atoms with van der Waals surface area (Å²) in [4.78, 5) is 24.5. The second-order valence-electron chi connectivity index (χ2n) is 4.73. The molecule has 0 aliphatic carbocycles. The standard InChI is InChI=1S/C12H13F2N3O5/c1-6(18)8-9(20)12(14,3-2-4-13)10(22-8)17-11(21)16-7(19)5-15-17/h5-6,8-10,18,20H,4H2,1H3,(H,16,19,21)/t6-,8-,9?,10-,12-/m1/s1. The van der Waals surface area contributed by atoms with Gasteiger partial charge in [-0.15, -0.1) is 0 Å². The van der Waals surface area contributed by atoms with Gasteiger partial charge in [-0.1, -0.05) is 11.8 Å². The molecule has 0 radical (unpaired) electrons. The fraction of sp³-hybridized carbons (Fsp3) is 0.583. The number of hydrogen-bond donors (Lipinski definition) is 3. The monoisotopic (exact) mass is 317 g/mol. The lowest BCUT2D eigenvalue weighted by atomic mass is 9.94. The normalized spacial score (nSPS) is 32.3. The minimum atomic E-state index is -2.89. The molecule has 1 aliphatic heterocycles. The van der Waals surface area contributed by atoms with Crippen LogP contribution in [-0.2, 0) is 4.74 Å². The number of aliphatic hydroxyl groups excluding tert-OH is 2. The molecule has 1 aromatic heterocycles. The van der Waals surface area contributed by atoms with Crippen molar-refractivity contribution in [3.8, 4) is 11.8 Å². The highest BCUT2D eigenvalue weighted by Gasteiger charge is 2.59. The van der Waals surface area contributed by atoms with Gasteiger partial charge in [0.05, 0.1) is 6.10 Å². The van der Waals surface area contributed by atoms with Crippen LogP contribution in [0.2, 0.25) is 0 Å². The molecule has 2 rings (SSSR count). The Morgan fingerprint density at radius 2 is 2.32 bits per heavy atom. The second-order valence-corrected chi connectivity index (χ2v) is 4.73. The van der Waals surface area contributed by atoms with E-state index in [9.17, 15) is 24.2 Å². The van der Waals surface area contributed by atoms with Crippen LogP contribution in [0, 0.1) is 11.8 Å². The number of alkyl halides is 2. The van der Waals surface area contributed by atoms with Crippen molar-refractivity contribution in [1.82, 2.24) is 14.8 Å². The molecule has 3 N–H and O–H groups in total. The zero-order valence-corrected chi connectivity index (χ0v) is 11.4. The number of aromatic nitrogens is 3. The van der Waals surface area contributed by atoms with Crippen molar-refractivity contribution in [3.05, 3.63) is 27.0 Å². The number of nitrogens with zero attached hydrogens (tertiary/aromatic N) is 2. The Morgan fingerprint density at radius 3 is 2.86 bits per heavy atom. The first-order chi connectivity index (χ1) is 10.3. The minimum Gasteiger partial charge on any atom is -0.391 e. The lowest BCUT2D eigenvalue weighted by molar-refractivity contribution is -0.0850. The summed E-state index contributed by atoms with van der Waals surface area (Å²) in [5.74, 6) is 3.69. The third-order valence-electron chi connectivity index (χ3n) is 3.17. The Hall–Kier alpha value is -2.09. The highest BCUT2D eigenvalue weighted by atomic mass is 19.1. The SMILES string of the molecule is C[C@@H](O)[C@H]1O[C@@H](n2ncc(=O)[nH]c2=O)[C@@](F)(C#CCF)C1O. The van der Waals surface area contributed by atoms with Crippen LogP contribution in [0.3, 0.4) is 0 Å². The van der Waals surface area contributed by atoms with Gasteiger partial charge in [0.2, 0.25) is 11.9 Å². The lowest BCUT2D eigenvalue weighted by Crippen LogP contribution is -2.46. The van der Waals surface area contributed by atoms with Crippen LogP contribution < -0.4 is 11.2 Å². The van der Waals surface area contributed by atoms with Gasteiger partial charge in [0.25, 0.3) is 5.56 Å². The number of rotatable bonds is 2. The first-order valence-electron chi connectivity index (χ1n) is 6.26. The number of H-pyrrole nitrogens is 1. The Balaban J connectivity index is 2.55. The van der Waals surface area contributed by atoms with Crippen LogP contribution in [0.25, 0.3) is 0 Å². The molecule has 1 unspecified atom stereocenters. The van der Waals surface area contributed by atoms with E-state index in [0.29, 0.717) is 10.9 Å². The van der Waals surface area contributed by atoms with Crippen LogP contribution >= 0.6 is 0 Å². The van der Waals surface area contributed by atoms with Crippen molar-refractivity contribution >= 4 is 0 Å². The Morgan fingerprint density at radius 1 is 1.64 bits per heavy atom. The van der Waals surface area contributed by atoms with E-state index in [1.165, 1.54) is 6.92 Å². The van der Waals surface area contributed by atoms with E-state index in [2.05, 4.69) is 5.10 Å². The van der Waals surface area contributed by atoms with E-state index in [-0.39, 0.29) is 0 Å². The highest BCUT2D eigenvalue weighted by Crippen LogP contribution is 2.41. The Bertz CT molecular complexity index is 722. The molecule has 0 saturated carbocycles. The van der Waals surface area contributed by atoms with Gasteiger partial charge in [0.1, 0.15) is 25.1 Å². The first kappa shape index (κ1) is 16.3. The summed E-state index contributed by atoms with van der Waals surface area (Å²) in [6, 6.07) is 0. The summed E-state index contributed by atoms with van der Waals surface area (Å²) in [6.45, 7) is 0.0563. The predicted molar refractivity (Wildman–Crippen MR) is 68.3 cm³/mol. The molecule has 2 heterocycles. The summed E-state index contributed by atoms with van der Waals surface area (Å²) in [5.41, 5.74) is -4.80. The molecular formula is C12H13F2N3O5. The maximum Gasteiger partial charge on any atom is 0.347 e. The zero-order chi connectivity index (χ0) is 16.5. The Kier molecular flexibility index (Phi) is 4.41. The van der Waals surface area contributed by atoms with Gasteiger partial charge in [0, 0.05) is 0 Å². The molecule has 1 aromatic rings. The number of hydrogen-bond acceptors (Lipinski definition) is 6. The molecule has 8 nitrogen and oxygen atoms in total. The van der Waals surface area contributed by atoms with Crippen LogP contribution in [0.4, 0.5) is 8.78 Å². The quantitative estimate of drug-likeness (QED) is 0.557. The third kappa shape index (κ3) is 2.66. The minimum absolute atomic E-state index is 0.430. The predicted octanol–water partition coefficient (Wildman–Crippen LogP) is -1.75. The first-order valence-corrected chi connectivity index (χ1v) is 6.26. The fourth-order valence-corrected chi connectivity index (χ4v) is 2.15. The highest BCUT2D eigenvalue weighted by molar-refractivity contribution is 5.23. The van der Waals surface area contributed by atoms with Crippen molar-refractivity contribution < 1.29 is 23.7 Å². The summed E-state index contributed by atoms with van der Waals surface area (Å²) < 4.78 is 32.8. The molecule has 0 bridgehead atoms. The van der Waals surface area contributed by atoms with Crippen molar-refractivity contribution in [2.45, 2.75) is 37.1 Å². The van der Waals surface area contributed by atoms with Gasteiger partial charge < -0.3 is 14.9 Å². The number of aliphatic hydroxyl groups is 2. The van der Waals surface area contributed by atoms with Crippen LogP contribution in [0.1, 0.15) is 13.2 Å². The van der Waals surface area contributed by atoms with E-state index in [0.717, 1.165) is 0 Å². The molecule has 10 heteroatoms. The van der Waals surface area contributed by atoms with Gasteiger partial charge in [-0.2, -0.15) is 9.78 Å². The van der Waals surface area contributed by atoms with E-state index < -0.39 is 48.1 Å². The molecule has 0 spiro atoms. The third-order valence-corrected chi connectivity index (χ3v) is 3.17. The summed E-state index contributed by atoms with van der Waals surface area (Å²) in [5, 5.41) is 22.9. The maximum absolute atomic E-state index is 15.0. The molecule has 0 amide bonds. The van der Waals surface area contributed by atoms with Crippen LogP contribution in [-0.4, -0.2) is 55.6 Å². The molecule has 5 atom stereocenters. The number of halogens is 2. The topological polar surface area (TPSA) is 117 Å². The molecule has 0 aromatic carbocycles. The zero-order valence-electron chi connectivity index (χ0n) is 11.4. The smallest absolute Gasteiger partial charge is 0.347 e. The van der Waals surface area contributed by atoms with E-state index in [1.807, 2.05) is 16.8 Å². The Labute approximate surface area is 122 Å². The van der Waals surface area contributed by atoms with Gasteiger partial charge in [-0.25, -0.2) is 13.6 Å². The summed E-state index contributed by atoms with van der Waals surface area (Å²) >= 11 is 0. The van der Waals surface area contributed by atoms with Crippen molar-refractivity contribution in [2.24, 2.45) is 0 Å². The average molecular weight is 317 g/mol. The van der Waals surface area contributed by atoms with E-state index >= 15 is 4.39 Å². The fourth-order valence-electron chi connectivity index (χ4n) is 2.15. The molecule has 1 saturated heterocycles. The number of nitrogens with one attached hydrogen (secondary N) is 1. The second kappa shape index (κ2) is 5.96. The van der Waals surface area contributed by atoms with Gasteiger partial charge in [0.15, 0.2) is 0 Å². The van der Waals surface area contributed by atoms with Crippen molar-refractivity contribution in [1.29, 1.82) is 0 Å². The molecule has 1 aliphatic rings. The maximum atomic E-state index is 15.0. The largest absolute Gasteiger partial charge is 0.391 e. The van der Waals surface area contributed by atoms with Crippen molar-refractivity contribution in [2.75, 3.05) is 6.67 Å². The van der Waals surface area contributed by atoms with Crippen molar-refractivity contribution in [3.63, 3.8) is 0 Å². The molecule has 1 fully saturated rings. The number of aromatic amines is 1. The van der Waals surface area contributed by atoms with Gasteiger partial charge in [-0.05, 0) is 6.92 Å². The average Bonchev–Trinajstić information content (AvgIpc) is 2.70. The summed E-state index contributed by atoms with van der Waals surface area (Å²) in [6.07, 6.45) is -5.80. The number of ether oxygens (including phenoxy) is 1. The molecule has 22 heavy (non-hydrogen) atoms. The van der Waals surface area contributed by atoms with Crippen LogP contribution in [0.5, 0.6) is 0 Å². The molecule has 120 valence electrons. The molecular weight excluding hydrogens is 304 g/mol. The summed E-state index contributed by atoms with van der Waals surface area (Å²) in [7, 11) is 0. The van der Waals surface area contributed by atoms with Gasteiger partial charge in [-0.3, -0.25) is 9.78 Å². The lowest BCUT2D eigenvalue weighted by Gasteiger charge is -2.23. The van der Waals surface area contributed by atoms with Crippen LogP contribution in [0.15, 0.2) is 15.8 Å². The van der Waals surface area contributed by atoms with Gasteiger partial charge >= 0.3 is 5.69 Å².